The standard InChI is InChI=1S/C23H27FN4O2/c24-18-8-10-20(11-9-18)28(16-22(29)26-19-5-1-2-6-19)23(30)17-7-12-21(25-15-17)27-13-3-4-14-27/h7-12,15,19H,1-6,13-14,16H2,(H,26,29). The molecule has 1 aliphatic carbocycles. The fraction of sp³-hybridized carbons (Fsp3) is 0.435. The van der Waals surface area contributed by atoms with Crippen LogP contribution in [0.1, 0.15) is 48.9 Å². The number of amides is 2. The molecule has 6 nitrogen and oxygen atoms in total. The predicted octanol–water partition coefficient (Wildman–Crippen LogP) is 3.53. The molecule has 0 spiro atoms. The van der Waals surface area contributed by atoms with Crippen molar-refractivity contribution in [2.45, 2.75) is 44.6 Å². The van der Waals surface area contributed by atoms with Crippen LogP contribution in [0.4, 0.5) is 15.9 Å². The lowest BCUT2D eigenvalue weighted by Gasteiger charge is -2.24. The van der Waals surface area contributed by atoms with Crippen LogP contribution in [0.5, 0.6) is 0 Å². The van der Waals surface area contributed by atoms with Gasteiger partial charge in [0.25, 0.3) is 5.91 Å². The van der Waals surface area contributed by atoms with Crippen LogP contribution in [-0.2, 0) is 4.79 Å². The van der Waals surface area contributed by atoms with Crippen LogP contribution in [-0.4, -0.2) is 42.5 Å². The highest BCUT2D eigenvalue weighted by atomic mass is 19.1. The van der Waals surface area contributed by atoms with Crippen LogP contribution in [0.15, 0.2) is 42.6 Å². The summed E-state index contributed by atoms with van der Waals surface area (Å²) in [6.45, 7) is 1.83. The van der Waals surface area contributed by atoms with E-state index in [1.165, 1.54) is 29.2 Å². The summed E-state index contributed by atoms with van der Waals surface area (Å²) in [4.78, 5) is 33.9. The quantitative estimate of drug-likeness (QED) is 0.791. The van der Waals surface area contributed by atoms with E-state index in [0.29, 0.717) is 11.3 Å². The van der Waals surface area contributed by atoms with E-state index in [2.05, 4.69) is 15.2 Å². The van der Waals surface area contributed by atoms with Crippen molar-refractivity contribution in [1.29, 1.82) is 0 Å². The Hall–Kier alpha value is -2.96. The van der Waals surface area contributed by atoms with Crippen molar-refractivity contribution in [1.82, 2.24) is 10.3 Å². The van der Waals surface area contributed by atoms with Gasteiger partial charge in [0.05, 0.1) is 5.56 Å². The lowest BCUT2D eigenvalue weighted by atomic mass is 10.2. The molecule has 1 aromatic heterocycles. The average molecular weight is 410 g/mol. The minimum atomic E-state index is -0.391. The molecule has 1 N–H and O–H groups in total. The summed E-state index contributed by atoms with van der Waals surface area (Å²) in [5.41, 5.74) is 0.877. The Morgan fingerprint density at radius 3 is 2.37 bits per heavy atom. The number of rotatable bonds is 6. The number of anilines is 2. The molecule has 1 aromatic carbocycles. The summed E-state index contributed by atoms with van der Waals surface area (Å²) in [5.74, 6) is -0.0700. The van der Waals surface area contributed by atoms with Crippen molar-refractivity contribution in [2.75, 3.05) is 29.4 Å². The molecular formula is C23H27FN4O2. The SMILES string of the molecule is O=C(CN(C(=O)c1ccc(N2CCCC2)nc1)c1ccc(F)cc1)NC1CCCC1. The topological polar surface area (TPSA) is 65.5 Å². The van der Waals surface area contributed by atoms with E-state index in [4.69, 9.17) is 0 Å². The maximum atomic E-state index is 13.4. The second-order valence-corrected chi connectivity index (χ2v) is 8.02. The van der Waals surface area contributed by atoms with Gasteiger partial charge in [-0.3, -0.25) is 14.5 Å². The van der Waals surface area contributed by atoms with Gasteiger partial charge in [-0.15, -0.1) is 0 Å². The lowest BCUT2D eigenvalue weighted by molar-refractivity contribution is -0.120. The highest BCUT2D eigenvalue weighted by Gasteiger charge is 2.24. The van der Waals surface area contributed by atoms with Crippen molar-refractivity contribution in [3.05, 3.63) is 54.0 Å². The summed E-state index contributed by atoms with van der Waals surface area (Å²) in [6, 6.07) is 9.38. The number of hydrogen-bond acceptors (Lipinski definition) is 4. The average Bonchev–Trinajstić information content (AvgIpc) is 3.47. The molecule has 0 bridgehead atoms. The third-order valence-electron chi connectivity index (χ3n) is 5.83. The smallest absolute Gasteiger partial charge is 0.260 e. The van der Waals surface area contributed by atoms with Crippen molar-refractivity contribution in [3.8, 4) is 0 Å². The lowest BCUT2D eigenvalue weighted by Crippen LogP contribution is -2.43. The van der Waals surface area contributed by atoms with Crippen molar-refractivity contribution >= 4 is 23.3 Å². The van der Waals surface area contributed by atoms with Gasteiger partial charge in [0.2, 0.25) is 5.91 Å². The molecule has 2 fully saturated rings. The molecule has 0 radical (unpaired) electrons. The van der Waals surface area contributed by atoms with Crippen molar-refractivity contribution in [3.63, 3.8) is 0 Å². The van der Waals surface area contributed by atoms with Gasteiger partial charge in [-0.05, 0) is 62.1 Å². The zero-order chi connectivity index (χ0) is 20.9. The molecule has 2 amide bonds. The normalized spacial score (nSPS) is 16.6. The largest absolute Gasteiger partial charge is 0.357 e. The third-order valence-corrected chi connectivity index (χ3v) is 5.83. The van der Waals surface area contributed by atoms with Gasteiger partial charge in [0.15, 0.2) is 0 Å². The molecule has 2 aromatic rings. The summed E-state index contributed by atoms with van der Waals surface area (Å²) in [5, 5.41) is 3.01. The number of halogens is 1. The Kier molecular flexibility index (Phi) is 6.26. The van der Waals surface area contributed by atoms with Gasteiger partial charge in [-0.25, -0.2) is 9.37 Å². The fourth-order valence-electron chi connectivity index (χ4n) is 4.19. The fourth-order valence-corrected chi connectivity index (χ4v) is 4.19. The van der Waals surface area contributed by atoms with Crippen molar-refractivity contribution < 1.29 is 14.0 Å². The number of aromatic nitrogens is 1. The number of nitrogens with zero attached hydrogens (tertiary/aromatic N) is 3. The molecule has 30 heavy (non-hydrogen) atoms. The molecule has 0 unspecified atom stereocenters. The number of carbonyl (C=O) groups excluding carboxylic acids is 2. The first-order valence-corrected chi connectivity index (χ1v) is 10.7. The minimum absolute atomic E-state index is 0.116. The maximum absolute atomic E-state index is 13.4. The maximum Gasteiger partial charge on any atom is 0.260 e. The Morgan fingerprint density at radius 1 is 1.03 bits per heavy atom. The zero-order valence-corrected chi connectivity index (χ0v) is 17.0. The van der Waals surface area contributed by atoms with Gasteiger partial charge in [0.1, 0.15) is 18.2 Å². The summed E-state index contributed by atoms with van der Waals surface area (Å²) in [7, 11) is 0. The van der Waals surface area contributed by atoms with E-state index < -0.39 is 5.82 Å². The Morgan fingerprint density at radius 2 is 1.73 bits per heavy atom. The van der Waals surface area contributed by atoms with Crippen LogP contribution in [0.25, 0.3) is 0 Å². The molecule has 2 aliphatic rings. The van der Waals surface area contributed by atoms with E-state index in [9.17, 15) is 14.0 Å². The van der Waals surface area contributed by atoms with Crippen LogP contribution < -0.4 is 15.1 Å². The number of pyridine rings is 1. The third kappa shape index (κ3) is 4.78. The Labute approximate surface area is 176 Å². The summed E-state index contributed by atoms with van der Waals surface area (Å²) >= 11 is 0. The van der Waals surface area contributed by atoms with E-state index in [1.807, 2.05) is 6.07 Å². The minimum Gasteiger partial charge on any atom is -0.357 e. The first kappa shape index (κ1) is 20.3. The second kappa shape index (κ2) is 9.24. The zero-order valence-electron chi connectivity index (χ0n) is 17.0. The summed E-state index contributed by atoms with van der Waals surface area (Å²) < 4.78 is 13.4. The van der Waals surface area contributed by atoms with Gasteiger partial charge in [0, 0.05) is 31.0 Å². The van der Waals surface area contributed by atoms with Crippen LogP contribution in [0.2, 0.25) is 0 Å². The van der Waals surface area contributed by atoms with E-state index in [-0.39, 0.29) is 24.4 Å². The van der Waals surface area contributed by atoms with Crippen LogP contribution in [0, 0.1) is 5.82 Å². The molecule has 1 aliphatic heterocycles. The van der Waals surface area contributed by atoms with Gasteiger partial charge >= 0.3 is 0 Å². The van der Waals surface area contributed by atoms with Gasteiger partial charge < -0.3 is 10.2 Å². The van der Waals surface area contributed by atoms with E-state index >= 15 is 0 Å². The molecule has 2 heterocycles. The van der Waals surface area contributed by atoms with Crippen LogP contribution in [0.3, 0.4) is 0 Å². The molecular weight excluding hydrogens is 383 g/mol. The first-order valence-electron chi connectivity index (χ1n) is 10.7. The highest BCUT2D eigenvalue weighted by molar-refractivity contribution is 6.08. The Balaban J connectivity index is 1.52. The number of nitrogens with one attached hydrogen (secondary N) is 1. The van der Waals surface area contributed by atoms with E-state index in [1.54, 1.807) is 12.3 Å². The molecule has 0 atom stereocenters. The van der Waals surface area contributed by atoms with Crippen LogP contribution >= 0.6 is 0 Å². The summed E-state index contributed by atoms with van der Waals surface area (Å²) in [6.07, 6.45) is 8.02. The van der Waals surface area contributed by atoms with Gasteiger partial charge in [-0.2, -0.15) is 0 Å². The number of benzene rings is 1. The highest BCUT2D eigenvalue weighted by Crippen LogP contribution is 2.22. The Bertz CT molecular complexity index is 873. The molecule has 1 saturated carbocycles. The molecule has 4 rings (SSSR count). The first-order chi connectivity index (χ1) is 14.6. The van der Waals surface area contributed by atoms with Crippen molar-refractivity contribution in [2.24, 2.45) is 0 Å². The molecule has 1 saturated heterocycles. The second-order valence-electron chi connectivity index (χ2n) is 8.02. The number of carbonyl (C=O) groups is 2. The van der Waals surface area contributed by atoms with Gasteiger partial charge in [-0.1, -0.05) is 12.8 Å². The monoisotopic (exact) mass is 410 g/mol. The molecule has 7 heteroatoms. The number of hydrogen-bond donors (Lipinski definition) is 1. The molecule has 158 valence electrons. The van der Waals surface area contributed by atoms with E-state index in [0.717, 1.165) is 57.4 Å². The predicted molar refractivity (Wildman–Crippen MR) is 114 cm³/mol.